The molecule has 0 radical (unpaired) electrons. The lowest BCUT2D eigenvalue weighted by molar-refractivity contribution is 0.118. The number of fused-ring (bicyclic) bond motifs is 3. The molecule has 1 spiro atoms. The van der Waals surface area contributed by atoms with Gasteiger partial charge < -0.3 is 10.0 Å². The topological polar surface area (TPSA) is 43.8 Å². The summed E-state index contributed by atoms with van der Waals surface area (Å²) in [5, 5.41) is 10.5. The van der Waals surface area contributed by atoms with Crippen LogP contribution in [0.5, 0.6) is 0 Å². The molecule has 2 heterocycles. The Morgan fingerprint density at radius 3 is 2.59 bits per heavy atom. The third-order valence-corrected chi connectivity index (χ3v) is 6.81. The van der Waals surface area contributed by atoms with E-state index in [-0.39, 0.29) is 17.6 Å². The molecular weight excluding hydrogens is 336 g/mol. The number of likely N-dealkylation sites (tertiary alicyclic amines) is 1. The zero-order chi connectivity index (χ0) is 18.4. The molecule has 2 aliphatic heterocycles. The van der Waals surface area contributed by atoms with Gasteiger partial charge in [-0.15, -0.1) is 0 Å². The maximum atomic E-state index is 13.2. The van der Waals surface area contributed by atoms with Crippen LogP contribution in [0.25, 0.3) is 0 Å². The Morgan fingerprint density at radius 1 is 1.00 bits per heavy atom. The first-order valence-corrected chi connectivity index (χ1v) is 10.1. The van der Waals surface area contributed by atoms with Crippen LogP contribution in [-0.4, -0.2) is 35.7 Å². The molecule has 1 N–H and O–H groups in total. The van der Waals surface area contributed by atoms with Gasteiger partial charge in [0.1, 0.15) is 0 Å². The monoisotopic (exact) mass is 362 g/mol. The van der Waals surface area contributed by atoms with Crippen LogP contribution in [0.15, 0.2) is 48.5 Å². The van der Waals surface area contributed by atoms with Crippen LogP contribution in [0.2, 0.25) is 0 Å². The summed E-state index contributed by atoms with van der Waals surface area (Å²) in [5.41, 5.74) is 4.77. The minimum atomic E-state index is -0.363. The summed E-state index contributed by atoms with van der Waals surface area (Å²) in [6, 6.07) is 16.7. The first-order chi connectivity index (χ1) is 13.2. The van der Waals surface area contributed by atoms with Gasteiger partial charge in [0.15, 0.2) is 0 Å². The quantitative estimate of drug-likeness (QED) is 0.769. The van der Waals surface area contributed by atoms with Crippen LogP contribution in [0.1, 0.15) is 48.5 Å². The van der Waals surface area contributed by atoms with Crippen LogP contribution in [0, 0.1) is 0 Å². The SMILES string of the molecule is O=C(N1CCC2(CC1)CC(O)c1ccccc12)N1CCCc2ccccc21. The molecule has 2 aromatic carbocycles. The summed E-state index contributed by atoms with van der Waals surface area (Å²) in [7, 11) is 0. The normalized spacial score (nSPS) is 23.2. The molecule has 0 aromatic heterocycles. The Kier molecular flexibility index (Phi) is 3.97. The first kappa shape index (κ1) is 16.8. The van der Waals surface area contributed by atoms with E-state index in [1.807, 2.05) is 21.9 Å². The van der Waals surface area contributed by atoms with Gasteiger partial charge in [-0.2, -0.15) is 0 Å². The van der Waals surface area contributed by atoms with Crippen molar-refractivity contribution < 1.29 is 9.90 Å². The number of urea groups is 1. The summed E-state index contributed by atoms with van der Waals surface area (Å²) in [6.45, 7) is 2.33. The highest BCUT2D eigenvalue weighted by atomic mass is 16.3. The minimum absolute atomic E-state index is 0.0343. The largest absolute Gasteiger partial charge is 0.388 e. The van der Waals surface area contributed by atoms with Crippen LogP contribution < -0.4 is 4.90 Å². The van der Waals surface area contributed by atoms with Gasteiger partial charge in [0.05, 0.1) is 6.10 Å². The van der Waals surface area contributed by atoms with Gasteiger partial charge in [-0.1, -0.05) is 42.5 Å². The minimum Gasteiger partial charge on any atom is -0.388 e. The fourth-order valence-electron chi connectivity index (χ4n) is 5.36. The zero-order valence-corrected chi connectivity index (χ0v) is 15.6. The van der Waals surface area contributed by atoms with Crippen LogP contribution in [0.4, 0.5) is 10.5 Å². The zero-order valence-electron chi connectivity index (χ0n) is 15.6. The average molecular weight is 362 g/mol. The molecule has 2 aromatic rings. The van der Waals surface area contributed by atoms with E-state index in [2.05, 4.69) is 36.4 Å². The van der Waals surface area contributed by atoms with Crippen LogP contribution in [-0.2, 0) is 11.8 Å². The summed E-state index contributed by atoms with van der Waals surface area (Å²) in [6.07, 6.45) is 4.38. The Labute approximate surface area is 160 Å². The van der Waals surface area contributed by atoms with Crippen molar-refractivity contribution in [2.45, 2.75) is 43.6 Å². The molecule has 1 unspecified atom stereocenters. The fourth-order valence-corrected chi connectivity index (χ4v) is 5.36. The fraction of sp³-hybridized carbons (Fsp3) is 0.435. The molecule has 0 saturated carbocycles. The average Bonchev–Trinajstić information content (AvgIpc) is 2.99. The lowest BCUT2D eigenvalue weighted by atomic mass is 9.74. The predicted molar refractivity (Wildman–Crippen MR) is 106 cm³/mol. The van der Waals surface area contributed by atoms with E-state index in [1.165, 1.54) is 11.1 Å². The number of nitrogens with zero attached hydrogens (tertiary/aromatic N) is 2. The summed E-state index contributed by atoms with van der Waals surface area (Å²) < 4.78 is 0. The highest BCUT2D eigenvalue weighted by Crippen LogP contribution is 2.50. The van der Waals surface area contributed by atoms with E-state index in [4.69, 9.17) is 0 Å². The van der Waals surface area contributed by atoms with E-state index in [0.717, 1.165) is 63.0 Å². The van der Waals surface area contributed by atoms with Crippen molar-refractivity contribution in [1.82, 2.24) is 4.90 Å². The summed E-state index contributed by atoms with van der Waals surface area (Å²) in [4.78, 5) is 17.2. The van der Waals surface area contributed by atoms with Crippen LogP contribution in [0.3, 0.4) is 0 Å². The molecule has 3 aliphatic rings. The first-order valence-electron chi connectivity index (χ1n) is 10.1. The maximum absolute atomic E-state index is 13.2. The Hall–Kier alpha value is -2.33. The number of piperidine rings is 1. The van der Waals surface area contributed by atoms with Crippen molar-refractivity contribution in [2.24, 2.45) is 0 Å². The number of rotatable bonds is 0. The van der Waals surface area contributed by atoms with E-state index in [0.29, 0.717) is 0 Å². The third kappa shape index (κ3) is 2.66. The van der Waals surface area contributed by atoms with E-state index in [1.54, 1.807) is 0 Å². The molecule has 2 amide bonds. The predicted octanol–water partition coefficient (Wildman–Crippen LogP) is 4.03. The highest BCUT2D eigenvalue weighted by molar-refractivity contribution is 5.93. The van der Waals surface area contributed by atoms with Crippen molar-refractivity contribution in [3.63, 3.8) is 0 Å². The Bertz CT molecular complexity index is 870. The number of carbonyl (C=O) groups is 1. The van der Waals surface area contributed by atoms with E-state index in [9.17, 15) is 9.90 Å². The third-order valence-electron chi connectivity index (χ3n) is 6.81. The van der Waals surface area contributed by atoms with E-state index < -0.39 is 0 Å². The number of carbonyl (C=O) groups excluding carboxylic acids is 1. The number of amides is 2. The number of para-hydroxylation sites is 1. The van der Waals surface area contributed by atoms with Gasteiger partial charge in [0, 0.05) is 30.7 Å². The van der Waals surface area contributed by atoms with Crippen LogP contribution >= 0.6 is 0 Å². The maximum Gasteiger partial charge on any atom is 0.324 e. The molecule has 1 saturated heterocycles. The standard InChI is InChI=1S/C23H26N2O2/c26-21-16-23(19-9-3-2-8-18(19)21)11-14-24(15-12-23)22(27)25-13-5-7-17-6-1-4-10-20(17)25/h1-4,6,8-10,21,26H,5,7,11-16H2. The molecule has 1 fully saturated rings. The number of hydrogen-bond donors (Lipinski definition) is 1. The van der Waals surface area contributed by atoms with Gasteiger partial charge in [-0.3, -0.25) is 4.90 Å². The number of aryl methyl sites for hydroxylation is 1. The lowest BCUT2D eigenvalue weighted by Gasteiger charge is -2.42. The van der Waals surface area contributed by atoms with E-state index >= 15 is 0 Å². The smallest absolute Gasteiger partial charge is 0.324 e. The molecule has 4 nitrogen and oxygen atoms in total. The number of aliphatic hydroxyl groups excluding tert-OH is 1. The van der Waals surface area contributed by atoms with Gasteiger partial charge in [0.25, 0.3) is 0 Å². The molecule has 0 bridgehead atoms. The summed E-state index contributed by atoms with van der Waals surface area (Å²) in [5.74, 6) is 0. The number of aliphatic hydroxyl groups is 1. The van der Waals surface area contributed by atoms with Gasteiger partial charge in [0.2, 0.25) is 0 Å². The summed E-state index contributed by atoms with van der Waals surface area (Å²) >= 11 is 0. The molecular formula is C23H26N2O2. The van der Waals surface area contributed by atoms with Gasteiger partial charge >= 0.3 is 6.03 Å². The molecule has 1 aliphatic carbocycles. The van der Waals surface area contributed by atoms with Crippen molar-refractivity contribution in [2.75, 3.05) is 24.5 Å². The van der Waals surface area contributed by atoms with Crippen molar-refractivity contribution in [1.29, 1.82) is 0 Å². The van der Waals surface area contributed by atoms with Crippen molar-refractivity contribution >= 4 is 11.7 Å². The molecule has 140 valence electrons. The lowest BCUT2D eigenvalue weighted by Crippen LogP contribution is -2.51. The van der Waals surface area contributed by atoms with Crippen molar-refractivity contribution in [3.8, 4) is 0 Å². The Morgan fingerprint density at radius 2 is 1.74 bits per heavy atom. The molecule has 1 atom stereocenters. The second-order valence-electron chi connectivity index (χ2n) is 8.24. The molecule has 4 heteroatoms. The van der Waals surface area contributed by atoms with Crippen molar-refractivity contribution in [3.05, 3.63) is 65.2 Å². The second-order valence-corrected chi connectivity index (χ2v) is 8.24. The number of benzene rings is 2. The van der Waals surface area contributed by atoms with Gasteiger partial charge in [-0.05, 0) is 54.9 Å². The van der Waals surface area contributed by atoms with Gasteiger partial charge in [-0.25, -0.2) is 4.79 Å². The molecule has 27 heavy (non-hydrogen) atoms. The molecule has 5 rings (SSSR count). The number of hydrogen-bond acceptors (Lipinski definition) is 2. The second kappa shape index (κ2) is 6.38. The Balaban J connectivity index is 1.34. The highest BCUT2D eigenvalue weighted by Gasteiger charge is 2.45. The number of anilines is 1.